The molecule has 35 heavy (non-hydrogen) atoms. The van der Waals surface area contributed by atoms with E-state index in [9.17, 15) is 18.0 Å². The average Bonchev–Trinajstić information content (AvgIpc) is 3.42. The molecule has 3 aromatic rings. The number of nitrogens with zero attached hydrogens (tertiary/aromatic N) is 3. The van der Waals surface area contributed by atoms with Crippen molar-refractivity contribution in [2.45, 2.75) is 32.7 Å². The predicted molar refractivity (Wildman–Crippen MR) is 128 cm³/mol. The SMILES string of the molecule is Cc1cc(-c2cnc(-c3cc[n+](CCCS(=O)(=O)O)cc3)o2)ccc1CCCN1C(=O)C=CC1=O. The van der Waals surface area contributed by atoms with Gasteiger partial charge in [0, 0.05) is 48.4 Å². The van der Waals surface area contributed by atoms with Crippen LogP contribution in [0.25, 0.3) is 22.8 Å². The Labute approximate surface area is 203 Å². The summed E-state index contributed by atoms with van der Waals surface area (Å²) in [5, 5.41) is 0. The van der Waals surface area contributed by atoms with Gasteiger partial charge in [0.1, 0.15) is 6.54 Å². The van der Waals surface area contributed by atoms with Crippen LogP contribution in [0.3, 0.4) is 0 Å². The quantitative estimate of drug-likeness (QED) is 0.260. The molecule has 1 N–H and O–H groups in total. The molecule has 3 heterocycles. The highest BCUT2D eigenvalue weighted by molar-refractivity contribution is 7.85. The Morgan fingerprint density at radius 3 is 2.40 bits per heavy atom. The molecule has 0 saturated carbocycles. The molecule has 4 rings (SSSR count). The summed E-state index contributed by atoms with van der Waals surface area (Å²) in [6.07, 6.45) is 9.64. The normalized spacial score (nSPS) is 13.7. The maximum atomic E-state index is 11.7. The van der Waals surface area contributed by atoms with E-state index in [1.165, 1.54) is 17.1 Å². The second-order valence-electron chi connectivity index (χ2n) is 8.40. The van der Waals surface area contributed by atoms with Crippen molar-refractivity contribution in [1.29, 1.82) is 0 Å². The van der Waals surface area contributed by atoms with E-state index in [0.29, 0.717) is 37.6 Å². The van der Waals surface area contributed by atoms with Crippen LogP contribution in [-0.4, -0.2) is 47.0 Å². The van der Waals surface area contributed by atoms with Crippen LogP contribution in [-0.2, 0) is 32.7 Å². The van der Waals surface area contributed by atoms with E-state index in [-0.39, 0.29) is 17.6 Å². The van der Waals surface area contributed by atoms with E-state index >= 15 is 0 Å². The van der Waals surface area contributed by atoms with Crippen molar-refractivity contribution < 1.29 is 31.5 Å². The Morgan fingerprint density at radius 2 is 1.74 bits per heavy atom. The van der Waals surface area contributed by atoms with E-state index in [2.05, 4.69) is 4.98 Å². The topological polar surface area (TPSA) is 122 Å². The smallest absolute Gasteiger partial charge is 0.265 e. The van der Waals surface area contributed by atoms with Gasteiger partial charge in [0.25, 0.3) is 21.9 Å². The Bertz CT molecular complexity index is 1360. The van der Waals surface area contributed by atoms with Crippen LogP contribution >= 0.6 is 0 Å². The second kappa shape index (κ2) is 10.3. The van der Waals surface area contributed by atoms with Crippen molar-refractivity contribution in [3.63, 3.8) is 0 Å². The first kappa shape index (κ1) is 24.5. The summed E-state index contributed by atoms with van der Waals surface area (Å²) in [7, 11) is -3.95. The van der Waals surface area contributed by atoms with Crippen LogP contribution in [0.2, 0.25) is 0 Å². The highest BCUT2D eigenvalue weighted by Gasteiger charge is 2.22. The molecule has 1 aliphatic rings. The number of amides is 2. The molecule has 0 saturated heterocycles. The Morgan fingerprint density at radius 1 is 1.03 bits per heavy atom. The van der Waals surface area contributed by atoms with Crippen LogP contribution in [0, 0.1) is 6.92 Å². The number of hydrogen-bond donors (Lipinski definition) is 1. The average molecular weight is 497 g/mol. The van der Waals surface area contributed by atoms with Gasteiger partial charge in [-0.25, -0.2) is 9.55 Å². The van der Waals surface area contributed by atoms with Crippen LogP contribution in [0.4, 0.5) is 0 Å². The Hall–Kier alpha value is -3.63. The molecule has 0 spiro atoms. The Balaban J connectivity index is 1.36. The third-order valence-corrected chi connectivity index (χ3v) is 6.62. The summed E-state index contributed by atoms with van der Waals surface area (Å²) in [4.78, 5) is 29.0. The molecule has 0 unspecified atom stereocenters. The first-order chi connectivity index (χ1) is 16.7. The van der Waals surface area contributed by atoms with Crippen molar-refractivity contribution in [3.05, 3.63) is 72.2 Å². The lowest BCUT2D eigenvalue weighted by atomic mass is 10.0. The van der Waals surface area contributed by atoms with Crippen LogP contribution < -0.4 is 4.57 Å². The number of aromatic nitrogens is 2. The van der Waals surface area contributed by atoms with Crippen LogP contribution in [0.15, 0.2) is 65.5 Å². The molecular weight excluding hydrogens is 470 g/mol. The molecule has 0 fully saturated rings. The van der Waals surface area contributed by atoms with Crippen molar-refractivity contribution in [1.82, 2.24) is 9.88 Å². The van der Waals surface area contributed by atoms with Crippen molar-refractivity contribution in [3.8, 4) is 22.8 Å². The number of imide groups is 1. The molecule has 0 radical (unpaired) electrons. The number of carbonyl (C=O) groups is 2. The Kier molecular flexibility index (Phi) is 7.23. The number of pyridine rings is 1. The minimum absolute atomic E-state index is 0.256. The molecule has 9 nitrogen and oxygen atoms in total. The van der Waals surface area contributed by atoms with Gasteiger partial charge in [0.05, 0.1) is 11.9 Å². The molecule has 2 aromatic heterocycles. The second-order valence-corrected chi connectivity index (χ2v) is 9.97. The number of benzene rings is 1. The standard InChI is InChI=1S/C25H25N3O6S/c1-18-16-21(6-5-19(18)4-2-12-28-23(29)7-8-24(28)30)22-17-26-25(34-22)20-9-13-27(14-10-20)11-3-15-35(31,32)33/h5-10,13-14,16-17H,2-4,11-12,15H2,1H3/p+1. The van der Waals surface area contributed by atoms with E-state index < -0.39 is 10.1 Å². The lowest BCUT2D eigenvalue weighted by Gasteiger charge is -2.14. The van der Waals surface area contributed by atoms with E-state index in [1.807, 2.05) is 54.2 Å². The minimum Gasteiger partial charge on any atom is -0.436 e. The van der Waals surface area contributed by atoms with Gasteiger partial charge in [-0.15, -0.1) is 0 Å². The highest BCUT2D eigenvalue weighted by atomic mass is 32.2. The number of oxazole rings is 1. The molecule has 1 aromatic carbocycles. The lowest BCUT2D eigenvalue weighted by Crippen LogP contribution is -2.33. The number of aryl methyl sites for hydroxylation is 3. The summed E-state index contributed by atoms with van der Waals surface area (Å²) in [5.41, 5.74) is 3.91. The van der Waals surface area contributed by atoms with Crippen molar-refractivity contribution in [2.75, 3.05) is 12.3 Å². The van der Waals surface area contributed by atoms with Gasteiger partial charge >= 0.3 is 0 Å². The van der Waals surface area contributed by atoms with Crippen molar-refractivity contribution in [2.24, 2.45) is 0 Å². The van der Waals surface area contributed by atoms with E-state index in [1.54, 1.807) is 6.20 Å². The molecule has 0 bridgehead atoms. The number of hydrogen-bond acceptors (Lipinski definition) is 6. The molecule has 10 heteroatoms. The minimum atomic E-state index is -3.95. The first-order valence-electron chi connectivity index (χ1n) is 11.2. The fourth-order valence-electron chi connectivity index (χ4n) is 3.93. The molecule has 1 aliphatic heterocycles. The molecule has 0 aliphatic carbocycles. The zero-order valence-electron chi connectivity index (χ0n) is 19.3. The maximum Gasteiger partial charge on any atom is 0.265 e. The van der Waals surface area contributed by atoms with Crippen molar-refractivity contribution >= 4 is 21.9 Å². The monoisotopic (exact) mass is 496 g/mol. The van der Waals surface area contributed by atoms with Crippen LogP contribution in [0.5, 0.6) is 0 Å². The number of rotatable bonds is 10. The summed E-state index contributed by atoms with van der Waals surface area (Å²) in [5.74, 6) is 0.319. The lowest BCUT2D eigenvalue weighted by molar-refractivity contribution is -0.696. The fraction of sp³-hybridized carbons (Fsp3) is 0.280. The van der Waals surface area contributed by atoms with E-state index in [4.69, 9.17) is 8.97 Å². The fourth-order valence-corrected chi connectivity index (χ4v) is 4.42. The van der Waals surface area contributed by atoms with Gasteiger partial charge in [-0.2, -0.15) is 8.42 Å². The molecular formula is C25H26N3O6S+. The van der Waals surface area contributed by atoms with Gasteiger partial charge in [0.15, 0.2) is 18.2 Å². The predicted octanol–water partition coefficient (Wildman–Crippen LogP) is 2.74. The van der Waals surface area contributed by atoms with Gasteiger partial charge in [-0.1, -0.05) is 12.1 Å². The van der Waals surface area contributed by atoms with E-state index in [0.717, 1.165) is 28.7 Å². The van der Waals surface area contributed by atoms with Gasteiger partial charge in [0.2, 0.25) is 5.89 Å². The summed E-state index contributed by atoms with van der Waals surface area (Å²) < 4.78 is 38.3. The van der Waals surface area contributed by atoms with Gasteiger partial charge in [-0.05, 0) is 37.0 Å². The maximum absolute atomic E-state index is 11.7. The zero-order valence-corrected chi connectivity index (χ0v) is 20.1. The third kappa shape index (κ3) is 6.28. The zero-order chi connectivity index (χ0) is 25.0. The summed E-state index contributed by atoms with van der Waals surface area (Å²) in [6, 6.07) is 9.69. The first-order valence-corrected chi connectivity index (χ1v) is 12.8. The molecule has 2 amide bonds. The molecule has 182 valence electrons. The summed E-state index contributed by atoms with van der Waals surface area (Å²) in [6.45, 7) is 2.88. The largest absolute Gasteiger partial charge is 0.436 e. The van der Waals surface area contributed by atoms with Gasteiger partial charge < -0.3 is 4.42 Å². The van der Waals surface area contributed by atoms with Gasteiger partial charge in [-0.3, -0.25) is 19.0 Å². The molecule has 0 atom stereocenters. The summed E-state index contributed by atoms with van der Waals surface area (Å²) >= 11 is 0. The third-order valence-electron chi connectivity index (χ3n) is 5.82. The van der Waals surface area contributed by atoms with Crippen LogP contribution in [0.1, 0.15) is 24.0 Å². The number of carbonyl (C=O) groups excluding carboxylic acids is 2. The highest BCUT2D eigenvalue weighted by Crippen LogP contribution is 2.27.